The molecule has 1 aromatic heterocycles. The Morgan fingerprint density at radius 1 is 1.15 bits per heavy atom. The molecule has 0 bridgehead atoms. The highest BCUT2D eigenvalue weighted by Gasteiger charge is 2.21. The topological polar surface area (TPSA) is 71.8 Å². The van der Waals surface area contributed by atoms with Crippen molar-refractivity contribution in [2.45, 2.75) is 57.5 Å². The zero-order valence-electron chi connectivity index (χ0n) is 14.9. The molecule has 2 aliphatic rings. The minimum absolute atomic E-state index is 0. The largest absolute Gasteiger partial charge is 0.325 e. The van der Waals surface area contributed by atoms with Crippen LogP contribution >= 0.6 is 12.4 Å². The van der Waals surface area contributed by atoms with Crippen LogP contribution in [0.15, 0.2) is 24.3 Å². The van der Waals surface area contributed by atoms with Crippen LogP contribution in [0.2, 0.25) is 0 Å². The molecule has 3 heterocycles. The summed E-state index contributed by atoms with van der Waals surface area (Å²) in [7, 11) is 0. The summed E-state index contributed by atoms with van der Waals surface area (Å²) in [6.07, 6.45) is 7.76. The number of carbonyl (C=O) groups excluding carboxylic acids is 1. The number of carbonyl (C=O) groups is 1. The molecule has 1 amide bonds. The first-order valence-corrected chi connectivity index (χ1v) is 9.38. The minimum atomic E-state index is -0.0817. The number of aromatic nitrogens is 3. The van der Waals surface area contributed by atoms with Crippen LogP contribution in [-0.2, 0) is 17.8 Å². The van der Waals surface area contributed by atoms with Crippen LogP contribution in [0.1, 0.15) is 44.3 Å². The molecule has 0 radical (unpaired) electrons. The van der Waals surface area contributed by atoms with Crippen molar-refractivity contribution in [2.75, 3.05) is 11.9 Å². The molecule has 7 heteroatoms. The van der Waals surface area contributed by atoms with Gasteiger partial charge in [-0.1, -0.05) is 25.0 Å². The second kappa shape index (κ2) is 8.64. The molecule has 6 nitrogen and oxygen atoms in total. The lowest BCUT2D eigenvalue weighted by atomic mass is 10.0. The summed E-state index contributed by atoms with van der Waals surface area (Å²) in [5.41, 5.74) is 1.83. The predicted molar refractivity (Wildman–Crippen MR) is 105 cm³/mol. The molecule has 0 saturated carbocycles. The summed E-state index contributed by atoms with van der Waals surface area (Å²) in [6, 6.07) is 7.86. The molecule has 4 rings (SSSR count). The van der Waals surface area contributed by atoms with Gasteiger partial charge in [0.1, 0.15) is 5.82 Å². The van der Waals surface area contributed by atoms with Crippen LogP contribution in [0.5, 0.6) is 0 Å². The fourth-order valence-electron chi connectivity index (χ4n) is 3.74. The van der Waals surface area contributed by atoms with Crippen molar-refractivity contribution in [3.63, 3.8) is 0 Å². The van der Waals surface area contributed by atoms with Crippen LogP contribution in [-0.4, -0.2) is 33.3 Å². The molecule has 1 saturated heterocycles. The van der Waals surface area contributed by atoms with Gasteiger partial charge in [0.05, 0.1) is 6.04 Å². The van der Waals surface area contributed by atoms with Gasteiger partial charge in [0.15, 0.2) is 5.82 Å². The average Bonchev–Trinajstić information content (AvgIpc) is 2.91. The lowest BCUT2D eigenvalue weighted by molar-refractivity contribution is -0.118. The summed E-state index contributed by atoms with van der Waals surface area (Å²) in [6.45, 7) is 1.89. The van der Waals surface area contributed by atoms with E-state index in [0.717, 1.165) is 61.7 Å². The fourth-order valence-corrected chi connectivity index (χ4v) is 3.74. The van der Waals surface area contributed by atoms with Gasteiger partial charge >= 0.3 is 0 Å². The maximum atomic E-state index is 12.4. The number of aryl methyl sites for hydroxylation is 1. The molecule has 1 aromatic carbocycles. The summed E-state index contributed by atoms with van der Waals surface area (Å²) in [5, 5.41) is 15.1. The van der Waals surface area contributed by atoms with Crippen molar-refractivity contribution in [3.05, 3.63) is 30.1 Å². The normalized spacial score (nSPS) is 19.8. The van der Waals surface area contributed by atoms with E-state index in [4.69, 9.17) is 0 Å². The van der Waals surface area contributed by atoms with Crippen molar-refractivity contribution >= 4 is 24.0 Å². The van der Waals surface area contributed by atoms with E-state index in [2.05, 4.69) is 25.4 Å². The highest BCUT2D eigenvalue weighted by Crippen LogP contribution is 2.25. The number of hydrogen-bond donors (Lipinski definition) is 2. The average molecular weight is 376 g/mol. The number of halogens is 1. The van der Waals surface area contributed by atoms with Gasteiger partial charge in [0.2, 0.25) is 5.91 Å². The number of anilines is 1. The van der Waals surface area contributed by atoms with E-state index in [1.807, 2.05) is 24.3 Å². The zero-order chi connectivity index (χ0) is 17.1. The second-order valence-corrected chi connectivity index (χ2v) is 6.97. The highest BCUT2D eigenvalue weighted by molar-refractivity contribution is 5.95. The van der Waals surface area contributed by atoms with Crippen LogP contribution in [0.25, 0.3) is 11.4 Å². The number of fused-ring (bicyclic) bond motifs is 1. The molecule has 26 heavy (non-hydrogen) atoms. The van der Waals surface area contributed by atoms with Gasteiger partial charge in [-0.3, -0.25) is 4.79 Å². The Bertz CT molecular complexity index is 754. The molecule has 2 aliphatic heterocycles. The van der Waals surface area contributed by atoms with Gasteiger partial charge in [0, 0.05) is 24.2 Å². The van der Waals surface area contributed by atoms with E-state index in [0.29, 0.717) is 0 Å². The number of rotatable bonds is 3. The van der Waals surface area contributed by atoms with Crippen molar-refractivity contribution in [1.82, 2.24) is 20.1 Å². The van der Waals surface area contributed by atoms with Gasteiger partial charge in [-0.05, 0) is 44.4 Å². The monoisotopic (exact) mass is 375 g/mol. The molecule has 2 N–H and O–H groups in total. The first kappa shape index (κ1) is 18.9. The van der Waals surface area contributed by atoms with E-state index < -0.39 is 0 Å². The minimum Gasteiger partial charge on any atom is -0.325 e. The van der Waals surface area contributed by atoms with Crippen molar-refractivity contribution in [2.24, 2.45) is 0 Å². The fraction of sp³-hybridized carbons (Fsp3) is 0.526. The Labute approximate surface area is 160 Å². The smallest absolute Gasteiger partial charge is 0.241 e. The van der Waals surface area contributed by atoms with E-state index in [1.165, 1.54) is 19.3 Å². The highest BCUT2D eigenvalue weighted by atomic mass is 35.5. The number of amides is 1. The van der Waals surface area contributed by atoms with Crippen LogP contribution < -0.4 is 10.6 Å². The molecule has 1 fully saturated rings. The van der Waals surface area contributed by atoms with Gasteiger partial charge in [-0.25, -0.2) is 0 Å². The molecule has 140 valence electrons. The Morgan fingerprint density at radius 2 is 2.08 bits per heavy atom. The summed E-state index contributed by atoms with van der Waals surface area (Å²) in [4.78, 5) is 12.4. The first-order valence-electron chi connectivity index (χ1n) is 9.38. The third-order valence-corrected chi connectivity index (χ3v) is 5.12. The maximum Gasteiger partial charge on any atom is 0.241 e. The molecule has 0 aliphatic carbocycles. The zero-order valence-corrected chi connectivity index (χ0v) is 15.7. The van der Waals surface area contributed by atoms with E-state index in [9.17, 15) is 4.79 Å². The number of nitrogens with one attached hydrogen (secondary N) is 2. The Kier molecular flexibility index (Phi) is 6.27. The first-order chi connectivity index (χ1) is 12.3. The lowest BCUT2D eigenvalue weighted by Crippen LogP contribution is -2.43. The molecule has 1 unspecified atom stereocenters. The summed E-state index contributed by atoms with van der Waals surface area (Å²) in [5.74, 6) is 2.04. The lowest BCUT2D eigenvalue weighted by Gasteiger charge is -2.22. The standard InChI is InChI=1S/C19H25N5O.ClH/c25-19(16-9-3-4-11-20-16)21-15-8-6-7-14(13-15)18-23-22-17-10-2-1-5-12-24(17)18;/h6-8,13,16,20H,1-5,9-12H2,(H,21,25);1H. The van der Waals surface area contributed by atoms with E-state index >= 15 is 0 Å². The van der Waals surface area contributed by atoms with Gasteiger partial charge in [0.25, 0.3) is 0 Å². The van der Waals surface area contributed by atoms with Crippen molar-refractivity contribution in [3.8, 4) is 11.4 Å². The number of hydrogen-bond acceptors (Lipinski definition) is 4. The molecule has 2 aromatic rings. The summed E-state index contributed by atoms with van der Waals surface area (Å²) >= 11 is 0. The molecular weight excluding hydrogens is 350 g/mol. The van der Waals surface area contributed by atoms with Crippen LogP contribution in [0.3, 0.4) is 0 Å². The quantitative estimate of drug-likeness (QED) is 0.864. The van der Waals surface area contributed by atoms with Crippen molar-refractivity contribution < 1.29 is 4.79 Å². The van der Waals surface area contributed by atoms with Crippen molar-refractivity contribution in [1.29, 1.82) is 0 Å². The SMILES string of the molecule is Cl.O=C(Nc1cccc(-c2nnc3n2CCCCC3)c1)C1CCCCN1. The third-order valence-electron chi connectivity index (χ3n) is 5.12. The van der Waals surface area contributed by atoms with E-state index in [-0.39, 0.29) is 24.4 Å². The van der Waals surface area contributed by atoms with Gasteiger partial charge < -0.3 is 15.2 Å². The van der Waals surface area contributed by atoms with Gasteiger partial charge in [-0.15, -0.1) is 22.6 Å². The molecular formula is C19H26ClN5O. The number of nitrogens with zero attached hydrogens (tertiary/aromatic N) is 3. The summed E-state index contributed by atoms with van der Waals surface area (Å²) < 4.78 is 2.23. The maximum absolute atomic E-state index is 12.4. The molecule has 0 spiro atoms. The Hall–Kier alpha value is -1.92. The number of piperidine rings is 1. The third kappa shape index (κ3) is 4.07. The Balaban J connectivity index is 0.00000196. The molecule has 1 atom stereocenters. The number of benzene rings is 1. The van der Waals surface area contributed by atoms with Gasteiger partial charge in [-0.2, -0.15) is 0 Å². The second-order valence-electron chi connectivity index (χ2n) is 6.97. The van der Waals surface area contributed by atoms with E-state index in [1.54, 1.807) is 0 Å². The van der Waals surface area contributed by atoms with Crippen LogP contribution in [0, 0.1) is 0 Å². The van der Waals surface area contributed by atoms with Crippen LogP contribution in [0.4, 0.5) is 5.69 Å². The Morgan fingerprint density at radius 3 is 2.92 bits per heavy atom. The predicted octanol–water partition coefficient (Wildman–Crippen LogP) is 3.17.